The van der Waals surface area contributed by atoms with Gasteiger partial charge in [-0.2, -0.15) is 0 Å². The zero-order valence-electron chi connectivity index (χ0n) is 17.6. The maximum atomic E-state index is 12.7. The lowest BCUT2D eigenvalue weighted by Crippen LogP contribution is -2.27. The minimum Gasteiger partial charge on any atom is -0.346 e. The maximum absolute atomic E-state index is 12.7. The van der Waals surface area contributed by atoms with Gasteiger partial charge in [-0.15, -0.1) is 0 Å². The lowest BCUT2D eigenvalue weighted by Gasteiger charge is -2.17. The number of hydrogen-bond acceptors (Lipinski definition) is 3. The average molecular weight is 423 g/mol. The molecule has 3 aromatic rings. The number of amides is 1. The van der Waals surface area contributed by atoms with Crippen LogP contribution in [0.2, 0.25) is 0 Å². The fraction of sp³-hybridized carbons (Fsp3) is 0.208. The summed E-state index contributed by atoms with van der Waals surface area (Å²) >= 11 is 0. The Bertz CT molecular complexity index is 1170. The highest BCUT2D eigenvalue weighted by atomic mass is 32.2. The van der Waals surface area contributed by atoms with Crippen LogP contribution in [0.25, 0.3) is 0 Å². The Balaban J connectivity index is 1.75. The summed E-state index contributed by atoms with van der Waals surface area (Å²) in [7, 11) is -3.70. The van der Waals surface area contributed by atoms with Crippen LogP contribution in [0.5, 0.6) is 0 Å². The smallest absolute Gasteiger partial charge is 0.261 e. The van der Waals surface area contributed by atoms with Crippen molar-refractivity contribution >= 4 is 21.6 Å². The summed E-state index contributed by atoms with van der Waals surface area (Å²) in [4.78, 5) is 12.9. The standard InChI is InChI=1S/C24H26N2O3S/c1-16-9-12-21(13-10-16)30(28,29)26-23-14-11-20(15-18(23)3)24(27)25-19(4)22-8-6-5-7-17(22)2/h5-15,19,26H,1-4H3,(H,25,27)/t19-/m1/s1. The molecule has 1 atom stereocenters. The first kappa shape index (κ1) is 21.6. The molecule has 6 heteroatoms. The van der Waals surface area contributed by atoms with Gasteiger partial charge in [-0.1, -0.05) is 42.0 Å². The van der Waals surface area contributed by atoms with Crippen molar-refractivity contribution in [3.8, 4) is 0 Å². The second-order valence-electron chi connectivity index (χ2n) is 7.50. The van der Waals surface area contributed by atoms with Crippen LogP contribution >= 0.6 is 0 Å². The molecule has 156 valence electrons. The molecule has 0 bridgehead atoms. The highest BCUT2D eigenvalue weighted by molar-refractivity contribution is 7.92. The second-order valence-corrected chi connectivity index (χ2v) is 9.18. The van der Waals surface area contributed by atoms with E-state index in [0.717, 1.165) is 16.7 Å². The van der Waals surface area contributed by atoms with Gasteiger partial charge in [-0.05, 0) is 74.7 Å². The van der Waals surface area contributed by atoms with Crippen molar-refractivity contribution < 1.29 is 13.2 Å². The molecule has 3 aromatic carbocycles. The van der Waals surface area contributed by atoms with E-state index in [2.05, 4.69) is 10.0 Å². The molecule has 30 heavy (non-hydrogen) atoms. The Morgan fingerprint density at radius 2 is 1.53 bits per heavy atom. The number of hydrogen-bond donors (Lipinski definition) is 2. The largest absolute Gasteiger partial charge is 0.346 e. The summed E-state index contributed by atoms with van der Waals surface area (Å²) in [5.41, 5.74) is 4.75. The first-order chi connectivity index (χ1) is 14.2. The molecule has 0 aliphatic carbocycles. The third-order valence-electron chi connectivity index (χ3n) is 5.07. The molecule has 0 saturated heterocycles. The van der Waals surface area contributed by atoms with Gasteiger partial charge in [0.15, 0.2) is 0 Å². The highest BCUT2D eigenvalue weighted by Crippen LogP contribution is 2.22. The van der Waals surface area contributed by atoms with Crippen LogP contribution in [0.3, 0.4) is 0 Å². The predicted octanol–water partition coefficient (Wildman–Crippen LogP) is 4.90. The third kappa shape index (κ3) is 4.89. The Morgan fingerprint density at radius 1 is 0.867 bits per heavy atom. The van der Waals surface area contributed by atoms with Crippen molar-refractivity contribution in [1.82, 2.24) is 5.32 Å². The van der Waals surface area contributed by atoms with E-state index in [0.29, 0.717) is 16.8 Å². The second kappa shape index (κ2) is 8.71. The Morgan fingerprint density at radius 3 is 2.17 bits per heavy atom. The van der Waals surface area contributed by atoms with Gasteiger partial charge in [0.2, 0.25) is 0 Å². The predicted molar refractivity (Wildman–Crippen MR) is 120 cm³/mol. The molecule has 0 unspecified atom stereocenters. The van der Waals surface area contributed by atoms with Gasteiger partial charge in [0.1, 0.15) is 0 Å². The molecule has 1 amide bonds. The first-order valence-electron chi connectivity index (χ1n) is 9.74. The van der Waals surface area contributed by atoms with E-state index in [1.165, 1.54) is 0 Å². The van der Waals surface area contributed by atoms with Gasteiger partial charge >= 0.3 is 0 Å². The fourth-order valence-electron chi connectivity index (χ4n) is 3.27. The van der Waals surface area contributed by atoms with Crippen LogP contribution in [-0.2, 0) is 10.0 Å². The van der Waals surface area contributed by atoms with E-state index in [-0.39, 0.29) is 16.8 Å². The number of rotatable bonds is 6. The topological polar surface area (TPSA) is 75.3 Å². The van der Waals surface area contributed by atoms with Gasteiger partial charge in [0.05, 0.1) is 16.6 Å². The highest BCUT2D eigenvalue weighted by Gasteiger charge is 2.17. The van der Waals surface area contributed by atoms with E-state index in [4.69, 9.17) is 0 Å². The van der Waals surface area contributed by atoms with Crippen LogP contribution in [0, 0.1) is 20.8 Å². The van der Waals surface area contributed by atoms with Crippen LogP contribution in [0.1, 0.15) is 45.6 Å². The number of aryl methyl sites for hydroxylation is 3. The first-order valence-corrected chi connectivity index (χ1v) is 11.2. The molecular weight excluding hydrogens is 396 g/mol. The normalized spacial score (nSPS) is 12.3. The van der Waals surface area contributed by atoms with Crippen molar-refractivity contribution in [3.63, 3.8) is 0 Å². The molecule has 0 saturated carbocycles. The SMILES string of the molecule is Cc1ccc(S(=O)(=O)Nc2ccc(C(=O)N[C@H](C)c3ccccc3C)cc2C)cc1. The Hall–Kier alpha value is -3.12. The van der Waals surface area contributed by atoms with Crippen LogP contribution in [-0.4, -0.2) is 14.3 Å². The van der Waals surface area contributed by atoms with E-state index < -0.39 is 10.0 Å². The van der Waals surface area contributed by atoms with Gasteiger partial charge in [0.25, 0.3) is 15.9 Å². The zero-order chi connectivity index (χ0) is 21.9. The molecule has 0 fully saturated rings. The number of anilines is 1. The number of sulfonamides is 1. The summed E-state index contributed by atoms with van der Waals surface area (Å²) in [6, 6.07) is 19.4. The van der Waals surface area contributed by atoms with Gasteiger partial charge in [-0.25, -0.2) is 8.42 Å². The minimum absolute atomic E-state index is 0.140. The monoisotopic (exact) mass is 422 g/mol. The number of benzene rings is 3. The molecule has 0 aliphatic heterocycles. The minimum atomic E-state index is -3.70. The van der Waals surface area contributed by atoms with Crippen molar-refractivity contribution in [3.05, 3.63) is 94.5 Å². The van der Waals surface area contributed by atoms with E-state index in [1.54, 1.807) is 49.4 Å². The summed E-state index contributed by atoms with van der Waals surface area (Å²) in [6.45, 7) is 7.63. The number of carbonyl (C=O) groups excluding carboxylic acids is 1. The fourth-order valence-corrected chi connectivity index (χ4v) is 4.40. The number of nitrogens with one attached hydrogen (secondary N) is 2. The van der Waals surface area contributed by atoms with Crippen molar-refractivity contribution in [2.45, 2.75) is 38.6 Å². The zero-order valence-corrected chi connectivity index (χ0v) is 18.4. The molecule has 0 aromatic heterocycles. The third-order valence-corrected chi connectivity index (χ3v) is 6.45. The van der Waals surface area contributed by atoms with Gasteiger partial charge < -0.3 is 5.32 Å². The van der Waals surface area contributed by atoms with Crippen molar-refractivity contribution in [2.24, 2.45) is 0 Å². The van der Waals surface area contributed by atoms with Crippen molar-refractivity contribution in [1.29, 1.82) is 0 Å². The molecule has 2 N–H and O–H groups in total. The average Bonchev–Trinajstić information content (AvgIpc) is 2.70. The van der Waals surface area contributed by atoms with Crippen LogP contribution in [0.15, 0.2) is 71.6 Å². The quantitative estimate of drug-likeness (QED) is 0.593. The maximum Gasteiger partial charge on any atom is 0.261 e. The lowest BCUT2D eigenvalue weighted by molar-refractivity contribution is 0.0939. The van der Waals surface area contributed by atoms with Crippen molar-refractivity contribution in [2.75, 3.05) is 4.72 Å². The van der Waals surface area contributed by atoms with Crippen LogP contribution < -0.4 is 10.0 Å². The van der Waals surface area contributed by atoms with Gasteiger partial charge in [-0.3, -0.25) is 9.52 Å². The van der Waals surface area contributed by atoms with E-state index in [9.17, 15) is 13.2 Å². The molecule has 5 nitrogen and oxygen atoms in total. The Kier molecular flexibility index (Phi) is 6.27. The summed E-state index contributed by atoms with van der Waals surface area (Å²) < 4.78 is 27.9. The van der Waals surface area contributed by atoms with Gasteiger partial charge in [0, 0.05) is 5.56 Å². The molecule has 0 heterocycles. The lowest BCUT2D eigenvalue weighted by atomic mass is 10.0. The van der Waals surface area contributed by atoms with E-state index >= 15 is 0 Å². The molecule has 0 spiro atoms. The van der Waals surface area contributed by atoms with E-state index in [1.807, 2.05) is 45.0 Å². The summed E-state index contributed by atoms with van der Waals surface area (Å²) in [5.74, 6) is -0.207. The Labute approximate surface area is 178 Å². The molecule has 0 radical (unpaired) electrons. The van der Waals surface area contributed by atoms with Crippen LogP contribution in [0.4, 0.5) is 5.69 Å². The summed E-state index contributed by atoms with van der Waals surface area (Å²) in [5, 5.41) is 3.00. The molecule has 3 rings (SSSR count). The number of carbonyl (C=O) groups is 1. The molecule has 0 aliphatic rings. The summed E-state index contributed by atoms with van der Waals surface area (Å²) in [6.07, 6.45) is 0. The molecular formula is C24H26N2O3S.